The van der Waals surface area contributed by atoms with Crippen molar-refractivity contribution in [3.63, 3.8) is 0 Å². The SMILES string of the molecule is BrC(Cc1nc2ccccc2s1)C1C2CCCC21. The van der Waals surface area contributed by atoms with Crippen LogP contribution in [0.4, 0.5) is 0 Å². The highest BCUT2D eigenvalue weighted by Crippen LogP contribution is 2.60. The van der Waals surface area contributed by atoms with Crippen LogP contribution in [0.1, 0.15) is 24.3 Å². The second-order valence-corrected chi connectivity index (χ2v) is 7.92. The smallest absolute Gasteiger partial charge is 0.0949 e. The van der Waals surface area contributed by atoms with E-state index in [2.05, 4.69) is 40.2 Å². The lowest BCUT2D eigenvalue weighted by molar-refractivity contribution is 0.569. The molecule has 1 aromatic carbocycles. The monoisotopic (exact) mass is 321 g/mol. The summed E-state index contributed by atoms with van der Waals surface area (Å²) in [6.07, 6.45) is 5.51. The van der Waals surface area contributed by atoms with Gasteiger partial charge in [0.05, 0.1) is 15.2 Å². The summed E-state index contributed by atoms with van der Waals surface area (Å²) in [5.41, 5.74) is 1.16. The van der Waals surface area contributed by atoms with Crippen LogP contribution < -0.4 is 0 Å². The van der Waals surface area contributed by atoms with Crippen LogP contribution in [-0.4, -0.2) is 9.81 Å². The fourth-order valence-electron chi connectivity index (χ4n) is 3.72. The van der Waals surface area contributed by atoms with E-state index in [0.29, 0.717) is 4.83 Å². The third-order valence-electron chi connectivity index (χ3n) is 4.60. The maximum Gasteiger partial charge on any atom is 0.0949 e. The summed E-state index contributed by atoms with van der Waals surface area (Å²) in [6.45, 7) is 0. The molecule has 0 saturated heterocycles. The Morgan fingerprint density at radius 1 is 1.28 bits per heavy atom. The van der Waals surface area contributed by atoms with Gasteiger partial charge >= 0.3 is 0 Å². The minimum absolute atomic E-state index is 0.647. The lowest BCUT2D eigenvalue weighted by Crippen LogP contribution is -2.09. The maximum atomic E-state index is 4.75. The number of hydrogen-bond acceptors (Lipinski definition) is 2. The summed E-state index contributed by atoms with van der Waals surface area (Å²) in [7, 11) is 0. The zero-order valence-corrected chi connectivity index (χ0v) is 12.6. The Bertz CT molecular complexity index is 536. The molecule has 2 aromatic rings. The Balaban J connectivity index is 1.50. The number of rotatable bonds is 3. The van der Waals surface area contributed by atoms with Crippen molar-refractivity contribution in [1.82, 2.24) is 4.98 Å². The van der Waals surface area contributed by atoms with Gasteiger partial charge in [-0.25, -0.2) is 4.98 Å². The molecule has 0 aliphatic heterocycles. The van der Waals surface area contributed by atoms with Crippen molar-refractivity contribution in [2.75, 3.05) is 0 Å². The van der Waals surface area contributed by atoms with Gasteiger partial charge in [-0.1, -0.05) is 34.5 Å². The highest BCUT2D eigenvalue weighted by Gasteiger charge is 2.55. The van der Waals surface area contributed by atoms with Crippen LogP contribution in [0, 0.1) is 17.8 Å². The number of fused-ring (bicyclic) bond motifs is 2. The molecule has 3 unspecified atom stereocenters. The molecular weight excluding hydrogens is 306 g/mol. The zero-order chi connectivity index (χ0) is 12.1. The predicted octanol–water partition coefficient (Wildman–Crippen LogP) is 4.65. The highest BCUT2D eigenvalue weighted by atomic mass is 79.9. The molecule has 3 atom stereocenters. The molecule has 4 rings (SSSR count). The summed E-state index contributed by atoms with van der Waals surface area (Å²) in [6, 6.07) is 8.46. The molecule has 18 heavy (non-hydrogen) atoms. The van der Waals surface area contributed by atoms with E-state index < -0.39 is 0 Å². The molecule has 0 radical (unpaired) electrons. The van der Waals surface area contributed by atoms with E-state index in [0.717, 1.165) is 29.7 Å². The van der Waals surface area contributed by atoms with Crippen molar-refractivity contribution in [3.05, 3.63) is 29.3 Å². The van der Waals surface area contributed by atoms with Gasteiger partial charge in [0.2, 0.25) is 0 Å². The molecule has 1 heterocycles. The number of halogens is 1. The molecule has 0 bridgehead atoms. The van der Waals surface area contributed by atoms with Crippen molar-refractivity contribution in [2.45, 2.75) is 30.5 Å². The molecule has 2 fully saturated rings. The number of alkyl halides is 1. The standard InChI is InChI=1S/C15H16BrNS/c16-11(15-9-4-3-5-10(9)15)8-14-17-12-6-1-2-7-13(12)18-14/h1-2,6-7,9-11,15H,3-5,8H2. The normalized spacial score (nSPS) is 31.5. The van der Waals surface area contributed by atoms with Crippen LogP contribution in [-0.2, 0) is 6.42 Å². The van der Waals surface area contributed by atoms with Gasteiger partial charge in [0.15, 0.2) is 0 Å². The average Bonchev–Trinajstić information content (AvgIpc) is 2.77. The van der Waals surface area contributed by atoms with E-state index in [1.165, 1.54) is 29.0 Å². The number of nitrogens with zero attached hydrogens (tertiary/aromatic N) is 1. The largest absolute Gasteiger partial charge is 0.241 e. The van der Waals surface area contributed by atoms with E-state index in [-0.39, 0.29) is 0 Å². The molecule has 0 spiro atoms. The Labute approximate surface area is 120 Å². The first-order valence-electron chi connectivity index (χ1n) is 6.81. The minimum atomic E-state index is 0.647. The van der Waals surface area contributed by atoms with E-state index in [1.807, 2.05) is 11.3 Å². The van der Waals surface area contributed by atoms with E-state index >= 15 is 0 Å². The maximum absolute atomic E-state index is 4.75. The molecule has 3 heteroatoms. The molecule has 2 aliphatic carbocycles. The van der Waals surface area contributed by atoms with Gasteiger partial charge < -0.3 is 0 Å². The van der Waals surface area contributed by atoms with Gasteiger partial charge in [-0.05, 0) is 42.7 Å². The Kier molecular flexibility index (Phi) is 2.73. The highest BCUT2D eigenvalue weighted by molar-refractivity contribution is 9.09. The number of hydrogen-bond donors (Lipinski definition) is 0. The number of thiazole rings is 1. The first-order valence-corrected chi connectivity index (χ1v) is 8.54. The second-order valence-electron chi connectivity index (χ2n) is 5.63. The average molecular weight is 322 g/mol. The van der Waals surface area contributed by atoms with Gasteiger partial charge in [0, 0.05) is 11.2 Å². The summed E-state index contributed by atoms with van der Waals surface area (Å²) in [4.78, 5) is 5.39. The van der Waals surface area contributed by atoms with Gasteiger partial charge in [-0.15, -0.1) is 11.3 Å². The summed E-state index contributed by atoms with van der Waals surface area (Å²) in [5.74, 6) is 3.00. The van der Waals surface area contributed by atoms with Gasteiger partial charge in [0.1, 0.15) is 0 Å². The van der Waals surface area contributed by atoms with E-state index in [9.17, 15) is 0 Å². The van der Waals surface area contributed by atoms with Crippen LogP contribution in [0.2, 0.25) is 0 Å². The Morgan fingerprint density at radius 3 is 2.83 bits per heavy atom. The van der Waals surface area contributed by atoms with Crippen molar-refractivity contribution in [2.24, 2.45) is 17.8 Å². The van der Waals surface area contributed by atoms with E-state index in [1.54, 1.807) is 0 Å². The minimum Gasteiger partial charge on any atom is -0.241 e. The third kappa shape index (κ3) is 1.83. The summed E-state index contributed by atoms with van der Waals surface area (Å²) >= 11 is 5.78. The molecule has 1 aromatic heterocycles. The number of aromatic nitrogens is 1. The predicted molar refractivity (Wildman–Crippen MR) is 80.4 cm³/mol. The number of para-hydroxylation sites is 1. The molecule has 94 valence electrons. The Morgan fingerprint density at radius 2 is 2.06 bits per heavy atom. The van der Waals surface area contributed by atoms with Crippen molar-refractivity contribution in [3.8, 4) is 0 Å². The van der Waals surface area contributed by atoms with Crippen LogP contribution in [0.3, 0.4) is 0 Å². The molecule has 2 aliphatic rings. The lowest BCUT2D eigenvalue weighted by atomic mass is 10.1. The van der Waals surface area contributed by atoms with Gasteiger partial charge in [0.25, 0.3) is 0 Å². The first kappa shape index (κ1) is 11.4. The summed E-state index contributed by atoms with van der Waals surface area (Å²) in [5, 5.41) is 1.29. The fraction of sp³-hybridized carbons (Fsp3) is 0.533. The topological polar surface area (TPSA) is 12.9 Å². The molecule has 0 amide bonds. The van der Waals surface area contributed by atoms with Crippen LogP contribution in [0.25, 0.3) is 10.2 Å². The molecule has 1 nitrogen and oxygen atoms in total. The molecular formula is C15H16BrNS. The molecule has 0 N–H and O–H groups in total. The van der Waals surface area contributed by atoms with Crippen molar-refractivity contribution < 1.29 is 0 Å². The fourth-order valence-corrected chi connectivity index (χ4v) is 6.05. The van der Waals surface area contributed by atoms with Gasteiger partial charge in [-0.3, -0.25) is 0 Å². The van der Waals surface area contributed by atoms with Gasteiger partial charge in [-0.2, -0.15) is 0 Å². The lowest BCUT2D eigenvalue weighted by Gasteiger charge is -2.09. The Hall–Kier alpha value is -0.410. The zero-order valence-electron chi connectivity index (χ0n) is 10.2. The van der Waals surface area contributed by atoms with Crippen LogP contribution in [0.15, 0.2) is 24.3 Å². The first-order chi connectivity index (χ1) is 8.83. The molecule has 2 saturated carbocycles. The third-order valence-corrected chi connectivity index (χ3v) is 6.59. The summed E-state index contributed by atoms with van der Waals surface area (Å²) < 4.78 is 1.32. The van der Waals surface area contributed by atoms with Crippen LogP contribution >= 0.6 is 27.3 Å². The quantitative estimate of drug-likeness (QED) is 0.750. The van der Waals surface area contributed by atoms with Crippen LogP contribution in [0.5, 0.6) is 0 Å². The second kappa shape index (κ2) is 4.31. The van der Waals surface area contributed by atoms with Crippen molar-refractivity contribution in [1.29, 1.82) is 0 Å². The van der Waals surface area contributed by atoms with Crippen molar-refractivity contribution >= 4 is 37.5 Å². The number of benzene rings is 1. The van der Waals surface area contributed by atoms with E-state index in [4.69, 9.17) is 4.98 Å².